The van der Waals surface area contributed by atoms with E-state index in [4.69, 9.17) is 5.73 Å². The summed E-state index contributed by atoms with van der Waals surface area (Å²) in [5, 5.41) is 11.2. The molecule has 0 spiro atoms. The number of hydrogen-bond acceptors (Lipinski definition) is 5. The van der Waals surface area contributed by atoms with Crippen LogP contribution in [0.3, 0.4) is 0 Å². The third-order valence-electron chi connectivity index (χ3n) is 4.00. The lowest BCUT2D eigenvalue weighted by Gasteiger charge is -2.26. The van der Waals surface area contributed by atoms with E-state index in [-0.39, 0.29) is 29.5 Å². The molecule has 1 rings (SSSR count). The number of rotatable bonds is 7. The fraction of sp³-hybridized carbons (Fsp3) is 0.571. The van der Waals surface area contributed by atoms with Crippen LogP contribution in [0.1, 0.15) is 37.8 Å². The second-order valence-electron chi connectivity index (χ2n) is 5.53. The van der Waals surface area contributed by atoms with E-state index >= 15 is 0 Å². The maximum atomic E-state index is 12.5. The van der Waals surface area contributed by atoms with Crippen molar-refractivity contribution in [2.45, 2.75) is 51.0 Å². The molecule has 1 aromatic carbocycles. The summed E-state index contributed by atoms with van der Waals surface area (Å²) in [5.41, 5.74) is 5.67. The number of benzene rings is 1. The standard InChI is InChI=1S/C14H23N3O4S.ClH/c1-5-14(15,6-2)9-16-22(20,21)13-11(4)8-7-10(3)12(13)17(18)19;/h7-8,16H,5-6,9,15H2,1-4H3;1H. The van der Waals surface area contributed by atoms with Crippen molar-refractivity contribution >= 4 is 28.1 Å². The van der Waals surface area contributed by atoms with Crippen molar-refractivity contribution in [3.63, 3.8) is 0 Å². The van der Waals surface area contributed by atoms with Gasteiger partial charge in [-0.05, 0) is 32.3 Å². The summed E-state index contributed by atoms with van der Waals surface area (Å²) in [6.07, 6.45) is 1.20. The topological polar surface area (TPSA) is 115 Å². The third-order valence-corrected chi connectivity index (χ3v) is 5.58. The van der Waals surface area contributed by atoms with E-state index in [1.165, 1.54) is 19.9 Å². The first-order valence-electron chi connectivity index (χ1n) is 7.11. The third kappa shape index (κ3) is 4.87. The Morgan fingerprint density at radius 2 is 1.70 bits per heavy atom. The molecule has 0 atom stereocenters. The Bertz CT molecular complexity index is 673. The van der Waals surface area contributed by atoms with Gasteiger partial charge < -0.3 is 5.73 Å². The van der Waals surface area contributed by atoms with Gasteiger partial charge in [0.2, 0.25) is 10.0 Å². The van der Waals surface area contributed by atoms with Crippen molar-refractivity contribution in [3.8, 4) is 0 Å². The average Bonchev–Trinajstić information content (AvgIpc) is 2.46. The van der Waals surface area contributed by atoms with Gasteiger partial charge in [0.1, 0.15) is 0 Å². The fourth-order valence-corrected chi connectivity index (χ4v) is 3.75. The molecule has 0 radical (unpaired) electrons. The van der Waals surface area contributed by atoms with Crippen LogP contribution in [0, 0.1) is 24.0 Å². The van der Waals surface area contributed by atoms with Crippen molar-refractivity contribution < 1.29 is 13.3 Å². The number of sulfonamides is 1. The lowest BCUT2D eigenvalue weighted by Crippen LogP contribution is -2.49. The number of nitrogens with zero attached hydrogens (tertiary/aromatic N) is 1. The normalized spacial score (nSPS) is 11.9. The van der Waals surface area contributed by atoms with E-state index in [2.05, 4.69) is 4.72 Å². The Morgan fingerprint density at radius 3 is 2.13 bits per heavy atom. The number of halogens is 1. The van der Waals surface area contributed by atoms with E-state index in [1.54, 1.807) is 6.07 Å². The molecule has 7 nitrogen and oxygen atoms in total. The Morgan fingerprint density at radius 1 is 1.22 bits per heavy atom. The highest BCUT2D eigenvalue weighted by atomic mass is 35.5. The Balaban J connectivity index is 0.00000484. The Kier molecular flexibility index (Phi) is 7.62. The van der Waals surface area contributed by atoms with Gasteiger partial charge >= 0.3 is 0 Å². The van der Waals surface area contributed by atoms with Gasteiger partial charge in [0.15, 0.2) is 4.90 Å². The number of hydrogen-bond donors (Lipinski definition) is 2. The molecule has 3 N–H and O–H groups in total. The van der Waals surface area contributed by atoms with Gasteiger partial charge in [-0.2, -0.15) is 0 Å². The van der Waals surface area contributed by atoms with Crippen LogP contribution in [0.4, 0.5) is 5.69 Å². The lowest BCUT2D eigenvalue weighted by molar-refractivity contribution is -0.388. The number of nitro benzene ring substituents is 1. The Hall–Kier alpha value is -1.22. The monoisotopic (exact) mass is 365 g/mol. The molecular formula is C14H24ClN3O4S. The highest BCUT2D eigenvalue weighted by Crippen LogP contribution is 2.30. The van der Waals surface area contributed by atoms with E-state index in [1.807, 2.05) is 13.8 Å². The van der Waals surface area contributed by atoms with E-state index in [0.29, 0.717) is 24.0 Å². The smallest absolute Gasteiger partial charge is 0.292 e. The molecule has 23 heavy (non-hydrogen) atoms. The van der Waals surface area contributed by atoms with Gasteiger partial charge in [-0.15, -0.1) is 12.4 Å². The van der Waals surface area contributed by atoms with E-state index in [0.717, 1.165) is 0 Å². The summed E-state index contributed by atoms with van der Waals surface area (Å²) in [6.45, 7) is 6.83. The summed E-state index contributed by atoms with van der Waals surface area (Å²) in [4.78, 5) is 10.3. The van der Waals surface area contributed by atoms with Crippen LogP contribution in [-0.4, -0.2) is 25.4 Å². The summed E-state index contributed by atoms with van der Waals surface area (Å²) >= 11 is 0. The molecule has 0 saturated carbocycles. The summed E-state index contributed by atoms with van der Waals surface area (Å²) in [7, 11) is -4.01. The Labute approximate surface area is 143 Å². The zero-order chi connectivity index (χ0) is 17.1. The minimum absolute atomic E-state index is 0. The van der Waals surface area contributed by atoms with E-state index < -0.39 is 20.5 Å². The molecule has 0 aromatic heterocycles. The van der Waals surface area contributed by atoms with Crippen LogP contribution in [0.5, 0.6) is 0 Å². The largest absolute Gasteiger partial charge is 0.324 e. The molecule has 0 aliphatic carbocycles. The van der Waals surface area contributed by atoms with Gasteiger partial charge in [0, 0.05) is 17.6 Å². The van der Waals surface area contributed by atoms with Crippen LogP contribution < -0.4 is 10.5 Å². The van der Waals surface area contributed by atoms with Crippen molar-refractivity contribution in [2.24, 2.45) is 5.73 Å². The minimum atomic E-state index is -4.01. The maximum absolute atomic E-state index is 12.5. The molecule has 0 fully saturated rings. The maximum Gasteiger partial charge on any atom is 0.292 e. The predicted octanol–water partition coefficient (Wildman–Crippen LogP) is 2.43. The van der Waals surface area contributed by atoms with E-state index in [9.17, 15) is 18.5 Å². The van der Waals surface area contributed by atoms with Crippen LogP contribution >= 0.6 is 12.4 Å². The number of aryl methyl sites for hydroxylation is 2. The summed E-state index contributed by atoms with van der Waals surface area (Å²) in [5.74, 6) is 0. The zero-order valence-corrected chi connectivity index (χ0v) is 15.4. The SMILES string of the molecule is CCC(N)(CC)CNS(=O)(=O)c1c(C)ccc(C)c1[N+](=O)[O-].Cl. The predicted molar refractivity (Wildman–Crippen MR) is 92.5 cm³/mol. The first-order valence-corrected chi connectivity index (χ1v) is 8.59. The van der Waals surface area contributed by atoms with Crippen molar-refractivity contribution in [3.05, 3.63) is 33.4 Å². The lowest BCUT2D eigenvalue weighted by atomic mass is 9.95. The first kappa shape index (κ1) is 21.8. The molecule has 0 unspecified atom stereocenters. The molecule has 1 aromatic rings. The molecule has 0 aliphatic heterocycles. The van der Waals surface area contributed by atoms with Gasteiger partial charge in [-0.25, -0.2) is 13.1 Å². The summed E-state index contributed by atoms with van der Waals surface area (Å²) in [6, 6.07) is 3.10. The van der Waals surface area contributed by atoms with Crippen LogP contribution in [0.2, 0.25) is 0 Å². The second kappa shape index (κ2) is 8.05. The molecule has 132 valence electrons. The van der Waals surface area contributed by atoms with Crippen LogP contribution in [0.15, 0.2) is 17.0 Å². The van der Waals surface area contributed by atoms with Crippen molar-refractivity contribution in [1.29, 1.82) is 0 Å². The van der Waals surface area contributed by atoms with Gasteiger partial charge in [-0.3, -0.25) is 10.1 Å². The molecule has 0 bridgehead atoms. The van der Waals surface area contributed by atoms with Crippen molar-refractivity contribution in [1.82, 2.24) is 4.72 Å². The highest BCUT2D eigenvalue weighted by Gasteiger charge is 2.31. The number of nitro groups is 1. The first-order chi connectivity index (χ1) is 10.1. The quantitative estimate of drug-likeness (QED) is 0.568. The van der Waals surface area contributed by atoms with Gasteiger partial charge in [0.05, 0.1) is 4.92 Å². The van der Waals surface area contributed by atoms with Gasteiger partial charge in [0.25, 0.3) is 5.69 Å². The fourth-order valence-electron chi connectivity index (χ4n) is 2.15. The molecule has 9 heteroatoms. The number of nitrogens with one attached hydrogen (secondary N) is 1. The molecular weight excluding hydrogens is 342 g/mol. The molecule has 0 amide bonds. The van der Waals surface area contributed by atoms with Crippen LogP contribution in [-0.2, 0) is 10.0 Å². The number of nitrogens with two attached hydrogens (primary N) is 1. The summed E-state index contributed by atoms with van der Waals surface area (Å²) < 4.78 is 27.5. The molecule has 0 saturated heterocycles. The van der Waals surface area contributed by atoms with Crippen molar-refractivity contribution in [2.75, 3.05) is 6.54 Å². The van der Waals surface area contributed by atoms with Gasteiger partial charge in [-0.1, -0.05) is 26.0 Å². The average molecular weight is 366 g/mol. The minimum Gasteiger partial charge on any atom is -0.324 e. The molecule has 0 aliphatic rings. The van der Waals surface area contributed by atoms with Crippen LogP contribution in [0.25, 0.3) is 0 Å². The highest BCUT2D eigenvalue weighted by molar-refractivity contribution is 7.89. The second-order valence-corrected chi connectivity index (χ2v) is 7.23. The molecule has 0 heterocycles. The zero-order valence-electron chi connectivity index (χ0n) is 13.8.